The molecule has 0 fully saturated rings. The molecule has 23 heavy (non-hydrogen) atoms. The number of ether oxygens (including phenoxy) is 1. The molecule has 5 heteroatoms. The minimum absolute atomic E-state index is 0.149. The van der Waals surface area contributed by atoms with Gasteiger partial charge in [0.2, 0.25) is 0 Å². The second-order valence-electron chi connectivity index (χ2n) is 8.13. The summed E-state index contributed by atoms with van der Waals surface area (Å²) >= 11 is 0. The van der Waals surface area contributed by atoms with Crippen LogP contribution in [0.1, 0.15) is 40.0 Å². The fourth-order valence-electron chi connectivity index (χ4n) is 2.15. The van der Waals surface area contributed by atoms with Gasteiger partial charge in [0.1, 0.15) is 13.7 Å². The van der Waals surface area contributed by atoms with Crippen molar-refractivity contribution in [1.29, 1.82) is 0 Å². The van der Waals surface area contributed by atoms with Gasteiger partial charge >= 0.3 is 6.09 Å². The van der Waals surface area contributed by atoms with Crippen LogP contribution in [0.4, 0.5) is 4.79 Å². The van der Waals surface area contributed by atoms with E-state index in [9.17, 15) is 9.59 Å². The first kappa shape index (κ1) is 19.5. The van der Waals surface area contributed by atoms with Gasteiger partial charge in [0.05, 0.1) is 5.41 Å². The van der Waals surface area contributed by atoms with Crippen molar-refractivity contribution < 1.29 is 14.3 Å². The highest BCUT2D eigenvalue weighted by molar-refractivity contribution is 6.83. The molecule has 0 aromatic carbocycles. The zero-order valence-electron chi connectivity index (χ0n) is 15.2. The van der Waals surface area contributed by atoms with Crippen LogP contribution in [0.2, 0.25) is 19.6 Å². The second kappa shape index (κ2) is 7.35. The lowest BCUT2D eigenvalue weighted by Gasteiger charge is -2.28. The molecule has 0 aromatic heterocycles. The van der Waals surface area contributed by atoms with E-state index in [1.165, 1.54) is 0 Å². The summed E-state index contributed by atoms with van der Waals surface area (Å²) in [6, 6.07) is 0. The first-order valence-electron chi connectivity index (χ1n) is 8.14. The first-order chi connectivity index (χ1) is 10.4. The molecule has 0 aliphatic heterocycles. The van der Waals surface area contributed by atoms with Gasteiger partial charge in [0, 0.05) is 13.0 Å². The summed E-state index contributed by atoms with van der Waals surface area (Å²) < 4.78 is 5.24. The smallest absolute Gasteiger partial charge is 0.407 e. The van der Waals surface area contributed by atoms with Gasteiger partial charge < -0.3 is 10.1 Å². The number of carbonyl (C=O) groups is 2. The van der Waals surface area contributed by atoms with E-state index >= 15 is 0 Å². The minimum atomic E-state index is -1.49. The highest BCUT2D eigenvalue weighted by atomic mass is 28.3. The summed E-state index contributed by atoms with van der Waals surface area (Å²) in [6.07, 6.45) is 5.06. The van der Waals surface area contributed by atoms with Gasteiger partial charge in [-0.05, 0) is 39.7 Å². The number of amides is 1. The molecule has 0 radical (unpaired) electrons. The fraction of sp³-hybridized carbons (Fsp3) is 0.667. The number of hydrogen-bond donors (Lipinski definition) is 1. The molecule has 1 aliphatic rings. The van der Waals surface area contributed by atoms with Crippen LogP contribution in [-0.4, -0.2) is 32.1 Å². The number of allylic oxidation sites excluding steroid dienone is 2. The molecule has 1 rings (SSSR count). The van der Waals surface area contributed by atoms with Crippen molar-refractivity contribution in [3.8, 4) is 11.5 Å². The second-order valence-corrected chi connectivity index (χ2v) is 12.9. The topological polar surface area (TPSA) is 55.4 Å². The Bertz CT molecular complexity index is 543. The Balaban J connectivity index is 2.72. The predicted molar refractivity (Wildman–Crippen MR) is 95.8 cm³/mol. The molecule has 4 nitrogen and oxygen atoms in total. The summed E-state index contributed by atoms with van der Waals surface area (Å²) in [6.45, 7) is 12.6. The molecule has 0 heterocycles. The zero-order valence-corrected chi connectivity index (χ0v) is 16.2. The van der Waals surface area contributed by atoms with Crippen molar-refractivity contribution in [2.24, 2.45) is 5.41 Å². The maximum atomic E-state index is 11.7. The molecule has 0 spiro atoms. The molecule has 1 amide bonds. The van der Waals surface area contributed by atoms with Gasteiger partial charge in [0.25, 0.3) is 0 Å². The van der Waals surface area contributed by atoms with E-state index in [0.717, 1.165) is 6.42 Å². The normalized spacial score (nSPS) is 21.4. The van der Waals surface area contributed by atoms with Gasteiger partial charge in [0.15, 0.2) is 5.78 Å². The molecule has 1 aliphatic carbocycles. The quantitative estimate of drug-likeness (QED) is 0.632. The largest absolute Gasteiger partial charge is 0.444 e. The van der Waals surface area contributed by atoms with Crippen LogP contribution in [0.15, 0.2) is 12.2 Å². The third kappa shape index (κ3) is 8.03. The highest BCUT2D eigenvalue weighted by Crippen LogP contribution is 2.32. The maximum Gasteiger partial charge on any atom is 0.407 e. The van der Waals surface area contributed by atoms with Gasteiger partial charge in [-0.1, -0.05) is 31.6 Å². The average Bonchev–Trinajstić information content (AvgIpc) is 2.37. The molecule has 0 bridgehead atoms. The van der Waals surface area contributed by atoms with Crippen LogP contribution in [-0.2, 0) is 9.53 Å². The van der Waals surface area contributed by atoms with Crippen LogP contribution in [0.25, 0.3) is 0 Å². The molecule has 0 saturated carbocycles. The number of alkyl carbamates (subject to hydrolysis) is 1. The monoisotopic (exact) mass is 335 g/mol. The summed E-state index contributed by atoms with van der Waals surface area (Å²) in [5.41, 5.74) is 2.59. The number of carbonyl (C=O) groups excluding carboxylic acids is 2. The number of nitrogens with one attached hydrogen (secondary N) is 1. The van der Waals surface area contributed by atoms with E-state index in [4.69, 9.17) is 4.74 Å². The van der Waals surface area contributed by atoms with E-state index in [2.05, 4.69) is 36.4 Å². The Morgan fingerprint density at radius 3 is 2.52 bits per heavy atom. The van der Waals surface area contributed by atoms with Crippen molar-refractivity contribution in [3.05, 3.63) is 12.2 Å². The van der Waals surface area contributed by atoms with E-state index < -0.39 is 19.8 Å². The van der Waals surface area contributed by atoms with Crippen LogP contribution in [0.5, 0.6) is 0 Å². The molecule has 1 atom stereocenters. The van der Waals surface area contributed by atoms with Crippen molar-refractivity contribution in [3.63, 3.8) is 0 Å². The van der Waals surface area contributed by atoms with E-state index in [0.29, 0.717) is 19.4 Å². The van der Waals surface area contributed by atoms with Crippen molar-refractivity contribution in [2.45, 2.75) is 65.3 Å². The third-order valence-corrected chi connectivity index (χ3v) is 4.21. The summed E-state index contributed by atoms with van der Waals surface area (Å²) in [4.78, 5) is 23.2. The molecular formula is C18H29NO3Si. The van der Waals surface area contributed by atoms with Crippen LogP contribution in [0, 0.1) is 16.9 Å². The summed E-state index contributed by atoms with van der Waals surface area (Å²) in [7, 11) is -1.49. The Hall–Kier alpha value is -1.54. The fourth-order valence-corrected chi connectivity index (χ4v) is 2.78. The van der Waals surface area contributed by atoms with Crippen LogP contribution < -0.4 is 5.32 Å². The Labute approximate surface area is 141 Å². The molecule has 0 saturated heterocycles. The third-order valence-electron chi connectivity index (χ3n) is 3.33. The van der Waals surface area contributed by atoms with E-state index in [1.54, 1.807) is 6.08 Å². The van der Waals surface area contributed by atoms with Gasteiger partial charge in [-0.15, -0.1) is 5.54 Å². The lowest BCUT2D eigenvalue weighted by molar-refractivity contribution is -0.115. The lowest BCUT2D eigenvalue weighted by Crippen LogP contribution is -2.35. The van der Waals surface area contributed by atoms with Gasteiger partial charge in [-0.25, -0.2) is 4.79 Å². The Kier molecular flexibility index (Phi) is 6.23. The summed E-state index contributed by atoms with van der Waals surface area (Å²) in [5.74, 6) is 3.55. The van der Waals surface area contributed by atoms with Crippen molar-refractivity contribution in [2.75, 3.05) is 6.54 Å². The van der Waals surface area contributed by atoms with Crippen LogP contribution in [0.3, 0.4) is 0 Å². The molecular weight excluding hydrogens is 306 g/mol. The highest BCUT2D eigenvalue weighted by Gasteiger charge is 2.29. The number of hydrogen-bond acceptors (Lipinski definition) is 3. The van der Waals surface area contributed by atoms with Crippen LogP contribution >= 0.6 is 0 Å². The maximum absolute atomic E-state index is 11.7. The van der Waals surface area contributed by atoms with E-state index in [-0.39, 0.29) is 11.2 Å². The lowest BCUT2D eigenvalue weighted by atomic mass is 9.77. The Morgan fingerprint density at radius 1 is 1.39 bits per heavy atom. The Morgan fingerprint density at radius 2 is 2.04 bits per heavy atom. The molecule has 1 unspecified atom stereocenters. The molecule has 1 N–H and O–H groups in total. The zero-order chi connectivity index (χ0) is 17.7. The first-order valence-corrected chi connectivity index (χ1v) is 11.6. The molecule has 0 aromatic rings. The summed E-state index contributed by atoms with van der Waals surface area (Å²) in [5, 5.41) is 2.78. The average molecular weight is 336 g/mol. The molecule has 128 valence electrons. The van der Waals surface area contributed by atoms with Crippen molar-refractivity contribution in [1.82, 2.24) is 5.32 Å². The van der Waals surface area contributed by atoms with Gasteiger partial charge in [-0.3, -0.25) is 4.79 Å². The minimum Gasteiger partial charge on any atom is -0.444 e. The SMILES string of the molecule is CC(C)(C)OC(=O)NCCC1(C#C[Si](C)(C)C)C=CC(=O)CC1. The standard InChI is InChI=1S/C18H29NO3Si/c1-17(2,3)22-16(21)19-13-11-18(12-14-23(4,5)6)9-7-15(20)8-10-18/h7,9H,8,10-11,13H2,1-6H3,(H,19,21). The van der Waals surface area contributed by atoms with Gasteiger partial charge in [-0.2, -0.15) is 0 Å². The van der Waals surface area contributed by atoms with Crippen molar-refractivity contribution >= 4 is 20.0 Å². The number of ketones is 1. The number of rotatable bonds is 3. The predicted octanol–water partition coefficient (Wildman–Crippen LogP) is 3.69. The van der Waals surface area contributed by atoms with E-state index in [1.807, 2.05) is 26.8 Å².